The monoisotopic (exact) mass is 371 g/mol. The minimum Gasteiger partial charge on any atom is -0.422 e. The normalized spacial score (nSPS) is 12.1. The number of hydrogen-bond donors (Lipinski definition) is 1. The molecule has 1 atom stereocenters. The van der Waals surface area contributed by atoms with E-state index in [0.717, 1.165) is 10.0 Å². The first-order valence-corrected chi connectivity index (χ1v) is 7.93. The lowest BCUT2D eigenvalue weighted by atomic mass is 10.1. The van der Waals surface area contributed by atoms with Crippen LogP contribution in [0.4, 0.5) is 0 Å². The van der Waals surface area contributed by atoms with Crippen molar-refractivity contribution in [1.29, 1.82) is 0 Å². The van der Waals surface area contributed by atoms with Gasteiger partial charge in [-0.3, -0.25) is 4.79 Å². The minimum atomic E-state index is -0.641. The molecule has 2 aromatic carbocycles. The molecule has 1 heterocycles. The van der Waals surface area contributed by atoms with Crippen LogP contribution in [0, 0.1) is 0 Å². The maximum absolute atomic E-state index is 12.4. The summed E-state index contributed by atoms with van der Waals surface area (Å²) in [5, 5.41) is 3.51. The highest BCUT2D eigenvalue weighted by Gasteiger charge is 2.16. The average Bonchev–Trinajstić information content (AvgIpc) is 2.55. The van der Waals surface area contributed by atoms with Crippen molar-refractivity contribution in [2.75, 3.05) is 0 Å². The van der Waals surface area contributed by atoms with E-state index in [4.69, 9.17) is 4.42 Å². The third kappa shape index (κ3) is 3.35. The highest BCUT2D eigenvalue weighted by atomic mass is 79.9. The summed E-state index contributed by atoms with van der Waals surface area (Å²) < 4.78 is 6.07. The molecular weight excluding hydrogens is 358 g/mol. The van der Waals surface area contributed by atoms with Crippen molar-refractivity contribution in [3.05, 3.63) is 80.6 Å². The average molecular weight is 372 g/mol. The third-order valence-electron chi connectivity index (χ3n) is 3.59. The van der Waals surface area contributed by atoms with Crippen LogP contribution < -0.4 is 10.9 Å². The van der Waals surface area contributed by atoms with Gasteiger partial charge in [0.1, 0.15) is 11.1 Å². The summed E-state index contributed by atoms with van der Waals surface area (Å²) in [5.41, 5.74) is 0.774. The Morgan fingerprint density at radius 1 is 1.13 bits per heavy atom. The number of rotatable bonds is 3. The van der Waals surface area contributed by atoms with Gasteiger partial charge in [0.15, 0.2) is 0 Å². The van der Waals surface area contributed by atoms with Gasteiger partial charge in [0.2, 0.25) is 0 Å². The van der Waals surface area contributed by atoms with Crippen molar-refractivity contribution < 1.29 is 9.21 Å². The van der Waals surface area contributed by atoms with Gasteiger partial charge in [-0.1, -0.05) is 46.3 Å². The van der Waals surface area contributed by atoms with Crippen molar-refractivity contribution in [3.8, 4) is 0 Å². The molecule has 1 aromatic heterocycles. The van der Waals surface area contributed by atoms with E-state index in [0.29, 0.717) is 11.0 Å². The molecule has 3 rings (SSSR count). The van der Waals surface area contributed by atoms with Crippen LogP contribution in [0.15, 0.2) is 68.3 Å². The van der Waals surface area contributed by atoms with Crippen LogP contribution in [0.2, 0.25) is 0 Å². The van der Waals surface area contributed by atoms with Gasteiger partial charge in [0.25, 0.3) is 5.91 Å². The Kier molecular flexibility index (Phi) is 4.30. The van der Waals surface area contributed by atoms with Gasteiger partial charge in [0, 0.05) is 9.86 Å². The first kappa shape index (κ1) is 15.5. The number of carbonyl (C=O) groups excluding carboxylic acids is 1. The molecule has 0 spiro atoms. The maximum Gasteiger partial charge on any atom is 0.349 e. The number of hydrogen-bond acceptors (Lipinski definition) is 3. The Balaban J connectivity index is 1.91. The van der Waals surface area contributed by atoms with E-state index in [-0.39, 0.29) is 11.6 Å². The highest BCUT2D eigenvalue weighted by Crippen LogP contribution is 2.19. The number of benzene rings is 2. The van der Waals surface area contributed by atoms with Crippen molar-refractivity contribution in [1.82, 2.24) is 5.32 Å². The standard InChI is InChI=1S/C18H14BrNO3/c1-11(12-5-3-2-4-6-12)20-17(21)15-10-13-9-14(19)7-8-16(13)23-18(15)22/h2-11H,1H3,(H,20,21). The smallest absolute Gasteiger partial charge is 0.349 e. The largest absolute Gasteiger partial charge is 0.422 e. The van der Waals surface area contributed by atoms with Crippen molar-refractivity contribution in [2.45, 2.75) is 13.0 Å². The molecule has 0 saturated heterocycles. The summed E-state index contributed by atoms with van der Waals surface area (Å²) in [6.07, 6.45) is 0. The maximum atomic E-state index is 12.4. The Bertz CT molecular complexity index is 918. The molecule has 0 aliphatic carbocycles. The molecule has 1 amide bonds. The lowest BCUT2D eigenvalue weighted by Gasteiger charge is -2.14. The third-order valence-corrected chi connectivity index (χ3v) is 4.08. The quantitative estimate of drug-likeness (QED) is 0.706. The van der Waals surface area contributed by atoms with Crippen LogP contribution in [-0.2, 0) is 0 Å². The van der Waals surface area contributed by atoms with E-state index in [1.165, 1.54) is 0 Å². The second kappa shape index (κ2) is 6.38. The van der Waals surface area contributed by atoms with Gasteiger partial charge < -0.3 is 9.73 Å². The summed E-state index contributed by atoms with van der Waals surface area (Å²) in [6.45, 7) is 1.87. The van der Waals surface area contributed by atoms with Crippen molar-refractivity contribution >= 4 is 32.8 Å². The molecular formula is C18H14BrNO3. The Hall–Kier alpha value is -2.40. The van der Waals surface area contributed by atoms with Crippen LogP contribution in [0.25, 0.3) is 11.0 Å². The zero-order chi connectivity index (χ0) is 16.4. The van der Waals surface area contributed by atoms with E-state index in [9.17, 15) is 9.59 Å². The summed E-state index contributed by atoms with van der Waals surface area (Å²) in [4.78, 5) is 24.4. The lowest BCUT2D eigenvalue weighted by molar-refractivity contribution is 0.0936. The summed E-state index contributed by atoms with van der Waals surface area (Å²) in [7, 11) is 0. The fourth-order valence-electron chi connectivity index (χ4n) is 2.35. The Labute approximate surface area is 141 Å². The van der Waals surface area contributed by atoms with Crippen molar-refractivity contribution in [2.24, 2.45) is 0 Å². The van der Waals surface area contributed by atoms with Gasteiger partial charge in [-0.2, -0.15) is 0 Å². The molecule has 0 radical (unpaired) electrons. The van der Waals surface area contributed by atoms with Crippen LogP contribution in [-0.4, -0.2) is 5.91 Å². The molecule has 0 fully saturated rings. The van der Waals surface area contributed by atoms with Gasteiger partial charge >= 0.3 is 5.63 Å². The second-order valence-corrected chi connectivity index (χ2v) is 6.15. The minimum absolute atomic E-state index is 0.00150. The SMILES string of the molecule is CC(NC(=O)c1cc2cc(Br)ccc2oc1=O)c1ccccc1. The number of fused-ring (bicyclic) bond motifs is 1. The van der Waals surface area contributed by atoms with Crippen LogP contribution in [0.1, 0.15) is 28.9 Å². The van der Waals surface area contributed by atoms with Crippen molar-refractivity contribution in [3.63, 3.8) is 0 Å². The molecule has 23 heavy (non-hydrogen) atoms. The van der Waals surface area contributed by atoms with Gasteiger partial charge in [-0.15, -0.1) is 0 Å². The first-order valence-electron chi connectivity index (χ1n) is 7.14. The van der Waals surface area contributed by atoms with Crippen LogP contribution >= 0.6 is 15.9 Å². The number of halogens is 1. The van der Waals surface area contributed by atoms with E-state index in [1.807, 2.05) is 37.3 Å². The predicted octanol–water partition coefficient (Wildman–Crippen LogP) is 4.05. The Morgan fingerprint density at radius 2 is 1.87 bits per heavy atom. The predicted molar refractivity (Wildman–Crippen MR) is 92.5 cm³/mol. The second-order valence-electron chi connectivity index (χ2n) is 5.24. The van der Waals surface area contributed by atoms with Gasteiger partial charge in [-0.25, -0.2) is 4.79 Å². The zero-order valence-electron chi connectivity index (χ0n) is 12.4. The first-order chi connectivity index (χ1) is 11.0. The fourth-order valence-corrected chi connectivity index (χ4v) is 2.73. The molecule has 0 bridgehead atoms. The molecule has 0 saturated carbocycles. The molecule has 116 valence electrons. The topological polar surface area (TPSA) is 59.3 Å². The summed E-state index contributed by atoms with van der Waals surface area (Å²) in [6, 6.07) is 16.2. The molecule has 4 nitrogen and oxygen atoms in total. The molecule has 3 aromatic rings. The van der Waals surface area contributed by atoms with Crippen LogP contribution in [0.3, 0.4) is 0 Å². The van der Waals surface area contributed by atoms with Gasteiger partial charge in [-0.05, 0) is 36.8 Å². The van der Waals surface area contributed by atoms with Crippen LogP contribution in [0.5, 0.6) is 0 Å². The Morgan fingerprint density at radius 3 is 2.61 bits per heavy atom. The summed E-state index contributed by atoms with van der Waals surface area (Å²) in [5.74, 6) is -0.447. The number of amides is 1. The molecule has 0 aliphatic heterocycles. The van der Waals surface area contributed by atoms with E-state index < -0.39 is 11.5 Å². The number of nitrogens with one attached hydrogen (secondary N) is 1. The van der Waals surface area contributed by atoms with E-state index >= 15 is 0 Å². The number of carbonyl (C=O) groups is 1. The molecule has 1 unspecified atom stereocenters. The lowest BCUT2D eigenvalue weighted by Crippen LogP contribution is -2.30. The summed E-state index contributed by atoms with van der Waals surface area (Å²) >= 11 is 3.36. The van der Waals surface area contributed by atoms with Gasteiger partial charge in [0.05, 0.1) is 6.04 Å². The van der Waals surface area contributed by atoms with E-state index in [2.05, 4.69) is 21.2 Å². The highest BCUT2D eigenvalue weighted by molar-refractivity contribution is 9.10. The molecule has 5 heteroatoms. The molecule has 0 aliphatic rings. The fraction of sp³-hybridized carbons (Fsp3) is 0.111. The molecule has 1 N–H and O–H groups in total. The zero-order valence-corrected chi connectivity index (χ0v) is 14.0. The van der Waals surface area contributed by atoms with E-state index in [1.54, 1.807) is 24.3 Å².